The first-order valence-corrected chi connectivity index (χ1v) is 8.86. The summed E-state index contributed by atoms with van der Waals surface area (Å²) in [7, 11) is 0. The number of carbonyl (C=O) groups is 1. The molecular weight excluding hydrogens is 350 g/mol. The summed E-state index contributed by atoms with van der Waals surface area (Å²) in [5.41, 5.74) is 4.03. The molecule has 0 saturated heterocycles. The minimum absolute atomic E-state index is 0.0885. The lowest BCUT2D eigenvalue weighted by Gasteiger charge is -2.06. The molecule has 0 radical (unpaired) electrons. The Morgan fingerprint density at radius 1 is 1.09 bits per heavy atom. The van der Waals surface area contributed by atoms with Gasteiger partial charge >= 0.3 is 0 Å². The zero-order valence-corrected chi connectivity index (χ0v) is 15.1. The fourth-order valence-electron chi connectivity index (χ4n) is 3.08. The predicted molar refractivity (Wildman–Crippen MR) is 99.2 cm³/mol. The maximum Gasteiger partial charge on any atom is 0.195 e. The van der Waals surface area contributed by atoms with Gasteiger partial charge in [-0.3, -0.25) is 4.79 Å². The first-order chi connectivity index (χ1) is 11.2. The van der Waals surface area contributed by atoms with E-state index in [1.54, 1.807) is 0 Å². The van der Waals surface area contributed by atoms with Gasteiger partial charge in [0.2, 0.25) is 0 Å². The van der Waals surface area contributed by atoms with Gasteiger partial charge in [0.25, 0.3) is 0 Å². The number of halogens is 1. The standard InChI is InChI=1S/C20H20BrNO/c1-3-12-22-13-18(17-7-5-6-14(4-2)19(17)22)20(23)15-8-10-16(21)11-9-15/h5-11,13H,3-4,12H2,1-2H3. The average molecular weight is 370 g/mol. The van der Waals surface area contributed by atoms with Gasteiger partial charge in [-0.1, -0.05) is 48.0 Å². The van der Waals surface area contributed by atoms with Crippen molar-refractivity contribution >= 4 is 32.6 Å². The summed E-state index contributed by atoms with van der Waals surface area (Å²) >= 11 is 3.42. The molecule has 3 rings (SSSR count). The van der Waals surface area contributed by atoms with Crippen molar-refractivity contribution in [1.29, 1.82) is 0 Å². The molecule has 2 aromatic carbocycles. The minimum Gasteiger partial charge on any atom is -0.347 e. The molecule has 0 aliphatic carbocycles. The van der Waals surface area contributed by atoms with E-state index in [0.29, 0.717) is 0 Å². The molecule has 0 spiro atoms. The smallest absolute Gasteiger partial charge is 0.195 e. The molecule has 0 atom stereocenters. The SMILES string of the molecule is CCCn1cc(C(=O)c2ccc(Br)cc2)c2cccc(CC)c21. The van der Waals surface area contributed by atoms with Crippen LogP contribution in [0, 0.1) is 0 Å². The van der Waals surface area contributed by atoms with E-state index in [0.717, 1.165) is 40.4 Å². The molecule has 0 aliphatic heterocycles. The van der Waals surface area contributed by atoms with Gasteiger partial charge in [0.05, 0.1) is 5.52 Å². The molecule has 118 valence electrons. The van der Waals surface area contributed by atoms with Crippen molar-refractivity contribution in [2.24, 2.45) is 0 Å². The van der Waals surface area contributed by atoms with Gasteiger partial charge in [0, 0.05) is 33.7 Å². The number of carbonyl (C=O) groups excluding carboxylic acids is 1. The third-order valence-corrected chi connectivity index (χ3v) is 4.71. The van der Waals surface area contributed by atoms with Gasteiger partial charge in [0.15, 0.2) is 5.78 Å². The average Bonchev–Trinajstić information content (AvgIpc) is 2.94. The number of para-hydroxylation sites is 1. The maximum atomic E-state index is 13.0. The number of hydrogen-bond acceptors (Lipinski definition) is 1. The van der Waals surface area contributed by atoms with Crippen LogP contribution in [0.1, 0.15) is 41.8 Å². The second kappa shape index (κ2) is 6.71. The van der Waals surface area contributed by atoms with Crippen LogP contribution >= 0.6 is 15.9 Å². The molecule has 0 aliphatic rings. The highest BCUT2D eigenvalue weighted by molar-refractivity contribution is 9.10. The van der Waals surface area contributed by atoms with E-state index in [4.69, 9.17) is 0 Å². The van der Waals surface area contributed by atoms with Crippen LogP contribution in [0.5, 0.6) is 0 Å². The van der Waals surface area contributed by atoms with E-state index in [9.17, 15) is 4.79 Å². The summed E-state index contributed by atoms with van der Waals surface area (Å²) in [6.45, 7) is 5.26. The number of hydrogen-bond donors (Lipinski definition) is 0. The Labute approximate surface area is 145 Å². The van der Waals surface area contributed by atoms with Gasteiger partial charge in [-0.25, -0.2) is 0 Å². The van der Waals surface area contributed by atoms with Crippen molar-refractivity contribution in [3.05, 3.63) is 69.8 Å². The van der Waals surface area contributed by atoms with Crippen LogP contribution in [-0.4, -0.2) is 10.4 Å². The molecule has 3 heteroatoms. The molecule has 3 aromatic rings. The zero-order chi connectivity index (χ0) is 16.4. The Hall–Kier alpha value is -1.87. The number of ketones is 1. The van der Waals surface area contributed by atoms with E-state index >= 15 is 0 Å². The third kappa shape index (κ3) is 2.98. The van der Waals surface area contributed by atoms with Crippen molar-refractivity contribution in [3.63, 3.8) is 0 Å². The number of fused-ring (bicyclic) bond motifs is 1. The monoisotopic (exact) mass is 369 g/mol. The Kier molecular flexibility index (Phi) is 4.67. The molecular formula is C20H20BrNO. The van der Waals surface area contributed by atoms with Crippen LogP contribution in [0.15, 0.2) is 53.1 Å². The first-order valence-electron chi connectivity index (χ1n) is 8.06. The normalized spacial score (nSPS) is 11.1. The second-order valence-corrected chi connectivity index (χ2v) is 6.65. The van der Waals surface area contributed by atoms with E-state index in [-0.39, 0.29) is 5.78 Å². The van der Waals surface area contributed by atoms with Gasteiger partial charge < -0.3 is 4.57 Å². The molecule has 1 heterocycles. The Bertz CT molecular complexity index is 846. The van der Waals surface area contributed by atoms with Crippen LogP contribution in [0.3, 0.4) is 0 Å². The van der Waals surface area contributed by atoms with Gasteiger partial charge in [-0.2, -0.15) is 0 Å². The molecule has 0 fully saturated rings. The first kappa shape index (κ1) is 16.0. The lowest BCUT2D eigenvalue weighted by molar-refractivity contribution is 0.104. The summed E-state index contributed by atoms with van der Waals surface area (Å²) < 4.78 is 3.22. The van der Waals surface area contributed by atoms with E-state index in [1.165, 1.54) is 11.1 Å². The van der Waals surface area contributed by atoms with E-state index < -0.39 is 0 Å². The van der Waals surface area contributed by atoms with E-state index in [1.807, 2.05) is 30.5 Å². The van der Waals surface area contributed by atoms with Crippen LogP contribution in [0.2, 0.25) is 0 Å². The van der Waals surface area contributed by atoms with Crippen molar-refractivity contribution in [3.8, 4) is 0 Å². The van der Waals surface area contributed by atoms with Crippen LogP contribution in [0.25, 0.3) is 10.9 Å². The van der Waals surface area contributed by atoms with Crippen LogP contribution in [0.4, 0.5) is 0 Å². The zero-order valence-electron chi connectivity index (χ0n) is 13.5. The molecule has 0 bridgehead atoms. The number of aromatic nitrogens is 1. The summed E-state index contributed by atoms with van der Waals surface area (Å²) in [5.74, 6) is 0.0885. The van der Waals surface area contributed by atoms with Gasteiger partial charge in [-0.15, -0.1) is 0 Å². The molecule has 23 heavy (non-hydrogen) atoms. The lowest BCUT2D eigenvalue weighted by atomic mass is 10.0. The summed E-state index contributed by atoms with van der Waals surface area (Å²) in [6, 6.07) is 13.8. The fraction of sp³-hybridized carbons (Fsp3) is 0.250. The summed E-state index contributed by atoms with van der Waals surface area (Å²) in [5, 5.41) is 1.06. The quantitative estimate of drug-likeness (QED) is 0.535. The van der Waals surface area contributed by atoms with E-state index in [2.05, 4.69) is 52.5 Å². The Morgan fingerprint density at radius 2 is 1.83 bits per heavy atom. The minimum atomic E-state index is 0.0885. The highest BCUT2D eigenvalue weighted by Crippen LogP contribution is 2.28. The molecule has 0 saturated carbocycles. The van der Waals surface area contributed by atoms with Gasteiger partial charge in [0.1, 0.15) is 0 Å². The highest BCUT2D eigenvalue weighted by atomic mass is 79.9. The van der Waals surface area contributed by atoms with Crippen molar-refractivity contribution in [1.82, 2.24) is 4.57 Å². The second-order valence-electron chi connectivity index (χ2n) is 5.74. The molecule has 2 nitrogen and oxygen atoms in total. The summed E-state index contributed by atoms with van der Waals surface area (Å²) in [6.07, 6.45) is 4.04. The van der Waals surface area contributed by atoms with Crippen molar-refractivity contribution < 1.29 is 4.79 Å². The maximum absolute atomic E-state index is 13.0. The van der Waals surface area contributed by atoms with Gasteiger partial charge in [-0.05, 0) is 42.7 Å². The largest absolute Gasteiger partial charge is 0.347 e. The fourth-order valence-corrected chi connectivity index (χ4v) is 3.34. The number of nitrogens with zero attached hydrogens (tertiary/aromatic N) is 1. The van der Waals surface area contributed by atoms with Crippen LogP contribution < -0.4 is 0 Å². The lowest BCUT2D eigenvalue weighted by Crippen LogP contribution is -2.00. The third-order valence-electron chi connectivity index (χ3n) is 4.18. The summed E-state index contributed by atoms with van der Waals surface area (Å²) in [4.78, 5) is 13.0. The number of aryl methyl sites for hydroxylation is 2. The highest BCUT2D eigenvalue weighted by Gasteiger charge is 2.18. The topological polar surface area (TPSA) is 22.0 Å². The molecule has 0 N–H and O–H groups in total. The van der Waals surface area contributed by atoms with Crippen LogP contribution in [-0.2, 0) is 13.0 Å². The molecule has 1 aromatic heterocycles. The van der Waals surface area contributed by atoms with Crippen molar-refractivity contribution in [2.75, 3.05) is 0 Å². The molecule has 0 unspecified atom stereocenters. The van der Waals surface area contributed by atoms with Crippen molar-refractivity contribution in [2.45, 2.75) is 33.2 Å². The molecule has 0 amide bonds. The Balaban J connectivity index is 2.17. The predicted octanol–water partition coefficient (Wildman–Crippen LogP) is 5.61. The number of rotatable bonds is 5. The number of benzene rings is 2. The Morgan fingerprint density at radius 3 is 2.48 bits per heavy atom.